The van der Waals surface area contributed by atoms with Crippen molar-refractivity contribution in [3.63, 3.8) is 0 Å². The lowest BCUT2D eigenvalue weighted by Crippen LogP contribution is -2.75. The van der Waals surface area contributed by atoms with Crippen LogP contribution in [0.1, 0.15) is 61.1 Å². The van der Waals surface area contributed by atoms with Gasteiger partial charge in [0, 0.05) is 49.1 Å². The summed E-state index contributed by atoms with van der Waals surface area (Å²) in [5.41, 5.74) is 5.86. The van der Waals surface area contributed by atoms with Crippen LogP contribution in [0.5, 0.6) is 11.5 Å². The van der Waals surface area contributed by atoms with Crippen LogP contribution in [0.3, 0.4) is 0 Å². The SMILES string of the molecule is CCO[C@@]12Cc3c(n(C)c4ccccc34)[C@@H]3Oc4c(O)ccc5c4[C@@]31CCN(CC1CCC1)[C@H]2C5. The number of phenolic OH excluding ortho intramolecular Hbond substituents is 1. The van der Waals surface area contributed by atoms with E-state index in [0.29, 0.717) is 18.4 Å². The highest BCUT2D eigenvalue weighted by Gasteiger charge is 2.74. The molecule has 3 aromatic rings. The van der Waals surface area contributed by atoms with Gasteiger partial charge in [-0.2, -0.15) is 0 Å². The Kier molecular flexibility index (Phi) is 4.03. The van der Waals surface area contributed by atoms with Gasteiger partial charge in [0.25, 0.3) is 0 Å². The average Bonchev–Trinajstić information content (AvgIpc) is 3.31. The Morgan fingerprint density at radius 1 is 1.17 bits per heavy atom. The molecule has 3 heterocycles. The molecule has 2 fully saturated rings. The van der Waals surface area contributed by atoms with E-state index in [2.05, 4.69) is 53.8 Å². The minimum atomic E-state index is -0.364. The zero-order valence-corrected chi connectivity index (χ0v) is 20.7. The summed E-state index contributed by atoms with van der Waals surface area (Å²) in [6.07, 6.45) is 6.83. The fraction of sp³-hybridized carbons (Fsp3) is 0.533. The topological polar surface area (TPSA) is 46.9 Å². The third kappa shape index (κ3) is 2.29. The largest absolute Gasteiger partial charge is 0.504 e. The first-order chi connectivity index (χ1) is 17.1. The minimum absolute atomic E-state index is 0.147. The smallest absolute Gasteiger partial charge is 0.166 e. The molecule has 35 heavy (non-hydrogen) atoms. The predicted octanol–water partition coefficient (Wildman–Crippen LogP) is 5.02. The summed E-state index contributed by atoms with van der Waals surface area (Å²) in [5, 5.41) is 12.3. The van der Waals surface area contributed by atoms with E-state index in [4.69, 9.17) is 9.47 Å². The third-order valence-corrected chi connectivity index (χ3v) is 10.4. The summed E-state index contributed by atoms with van der Waals surface area (Å²) in [6, 6.07) is 13.1. The van der Waals surface area contributed by atoms with Gasteiger partial charge in [-0.25, -0.2) is 0 Å². The highest BCUT2D eigenvalue weighted by atomic mass is 16.5. The number of hydrogen-bond donors (Lipinski definition) is 1. The zero-order chi connectivity index (χ0) is 23.5. The molecule has 2 aromatic carbocycles. The number of nitrogens with zero attached hydrogens (tertiary/aromatic N) is 2. The van der Waals surface area contributed by atoms with Crippen LogP contribution in [0, 0.1) is 5.92 Å². The van der Waals surface area contributed by atoms with Crippen LogP contribution >= 0.6 is 0 Å². The van der Waals surface area contributed by atoms with Crippen molar-refractivity contribution in [1.29, 1.82) is 0 Å². The fourth-order valence-electron chi connectivity index (χ4n) is 8.81. The molecule has 0 radical (unpaired) electrons. The van der Waals surface area contributed by atoms with E-state index < -0.39 is 0 Å². The molecule has 1 N–H and O–H groups in total. The van der Waals surface area contributed by atoms with Gasteiger partial charge in [0.1, 0.15) is 5.60 Å². The third-order valence-electron chi connectivity index (χ3n) is 10.4. The van der Waals surface area contributed by atoms with Crippen LogP contribution in [-0.4, -0.2) is 45.9 Å². The normalized spacial score (nSPS) is 32.7. The Morgan fingerprint density at radius 2 is 2.03 bits per heavy atom. The second kappa shape index (κ2) is 6.83. The molecule has 182 valence electrons. The molecular weight excluding hydrogens is 436 g/mol. The molecule has 2 bridgehead atoms. The van der Waals surface area contributed by atoms with Crippen LogP contribution in [0.4, 0.5) is 0 Å². The number of para-hydroxylation sites is 1. The summed E-state index contributed by atoms with van der Waals surface area (Å²) in [7, 11) is 2.19. The van der Waals surface area contributed by atoms with Gasteiger partial charge >= 0.3 is 0 Å². The first kappa shape index (κ1) is 20.7. The maximum Gasteiger partial charge on any atom is 0.166 e. The van der Waals surface area contributed by atoms with E-state index >= 15 is 0 Å². The molecule has 0 amide bonds. The summed E-state index contributed by atoms with van der Waals surface area (Å²) in [4.78, 5) is 2.78. The fourth-order valence-corrected chi connectivity index (χ4v) is 8.81. The average molecular weight is 471 g/mol. The number of phenols is 1. The molecule has 0 unspecified atom stereocenters. The van der Waals surface area contributed by atoms with Gasteiger partial charge in [0.15, 0.2) is 17.6 Å². The van der Waals surface area contributed by atoms with E-state index in [-0.39, 0.29) is 22.9 Å². The molecule has 5 nitrogen and oxygen atoms in total. The molecule has 4 atom stereocenters. The summed E-state index contributed by atoms with van der Waals surface area (Å²) in [5.74, 6) is 1.81. The number of hydrogen-bond acceptors (Lipinski definition) is 4. The van der Waals surface area contributed by atoms with Crippen LogP contribution < -0.4 is 4.74 Å². The predicted molar refractivity (Wildman–Crippen MR) is 135 cm³/mol. The number of aromatic hydroxyl groups is 1. The number of benzene rings is 2. The van der Waals surface area contributed by atoms with Crippen molar-refractivity contribution in [2.75, 3.05) is 19.7 Å². The highest BCUT2D eigenvalue weighted by Crippen LogP contribution is 2.70. The maximum atomic E-state index is 11.0. The van der Waals surface area contributed by atoms with Gasteiger partial charge in [-0.3, -0.25) is 4.90 Å². The number of fused-ring (bicyclic) bond motifs is 4. The van der Waals surface area contributed by atoms with Crippen LogP contribution in [-0.2, 0) is 30.0 Å². The lowest BCUT2D eigenvalue weighted by atomic mass is 9.48. The summed E-state index contributed by atoms with van der Waals surface area (Å²) in [6.45, 7) is 5.10. The van der Waals surface area contributed by atoms with E-state index in [1.165, 1.54) is 59.1 Å². The quantitative estimate of drug-likeness (QED) is 0.582. The second-order valence-corrected chi connectivity index (χ2v) is 11.6. The van der Waals surface area contributed by atoms with Gasteiger partial charge < -0.3 is 19.1 Å². The van der Waals surface area contributed by atoms with E-state index in [9.17, 15) is 5.11 Å². The lowest BCUT2D eigenvalue weighted by molar-refractivity contribution is -0.204. The van der Waals surface area contributed by atoms with Crippen LogP contribution in [0.25, 0.3) is 10.9 Å². The molecule has 5 heteroatoms. The van der Waals surface area contributed by atoms with Gasteiger partial charge in [0.2, 0.25) is 0 Å². The molecule has 1 saturated carbocycles. The Labute approximate surface area is 206 Å². The summed E-state index contributed by atoms with van der Waals surface area (Å²) < 4.78 is 16.3. The molecular formula is C30H34N2O3. The van der Waals surface area contributed by atoms with Crippen molar-refractivity contribution in [1.82, 2.24) is 9.47 Å². The number of rotatable bonds is 4. The van der Waals surface area contributed by atoms with E-state index in [1.807, 2.05) is 6.07 Å². The van der Waals surface area contributed by atoms with Crippen molar-refractivity contribution in [2.45, 2.75) is 68.6 Å². The van der Waals surface area contributed by atoms with Crippen molar-refractivity contribution >= 4 is 10.9 Å². The molecule has 3 aliphatic carbocycles. The molecule has 2 aliphatic heterocycles. The van der Waals surface area contributed by atoms with Crippen molar-refractivity contribution in [3.05, 3.63) is 58.8 Å². The molecule has 1 aromatic heterocycles. The van der Waals surface area contributed by atoms with Gasteiger partial charge in [-0.1, -0.05) is 30.7 Å². The Balaban J connectivity index is 1.43. The lowest BCUT2D eigenvalue weighted by Gasteiger charge is -2.65. The molecule has 1 saturated heterocycles. The van der Waals surface area contributed by atoms with Gasteiger partial charge in [-0.15, -0.1) is 0 Å². The zero-order valence-electron chi connectivity index (χ0n) is 20.7. The van der Waals surface area contributed by atoms with Crippen molar-refractivity contribution < 1.29 is 14.6 Å². The van der Waals surface area contributed by atoms with Gasteiger partial charge in [0.05, 0.1) is 11.1 Å². The number of likely N-dealkylation sites (tertiary alicyclic amines) is 1. The number of aryl methyl sites for hydroxylation is 1. The Hall–Kier alpha value is -2.50. The monoisotopic (exact) mass is 470 g/mol. The second-order valence-electron chi connectivity index (χ2n) is 11.6. The Bertz CT molecular complexity index is 1370. The van der Waals surface area contributed by atoms with E-state index in [0.717, 1.165) is 31.7 Å². The minimum Gasteiger partial charge on any atom is -0.504 e. The maximum absolute atomic E-state index is 11.0. The molecule has 1 spiro atoms. The standard InChI is InChI=1S/C30H34N2O3/c1-3-34-30-16-21-20-9-4-5-10-22(20)31(2)26(21)28-29(30)13-14-32(17-18-7-6-8-18)24(30)15-19-11-12-23(33)27(35-28)25(19)29/h4-5,9-12,18,24,28,33H,3,6-8,13-17H2,1-2H3/t24-,28-,29-,30+/m0/s1. The number of ether oxygens (including phenoxy) is 2. The van der Waals surface area contributed by atoms with Crippen molar-refractivity contribution in [2.24, 2.45) is 13.0 Å². The van der Waals surface area contributed by atoms with Crippen molar-refractivity contribution in [3.8, 4) is 11.5 Å². The summed E-state index contributed by atoms with van der Waals surface area (Å²) >= 11 is 0. The van der Waals surface area contributed by atoms with Gasteiger partial charge in [-0.05, 0) is 68.3 Å². The van der Waals surface area contributed by atoms with Crippen LogP contribution in [0.15, 0.2) is 36.4 Å². The number of aromatic nitrogens is 1. The highest BCUT2D eigenvalue weighted by molar-refractivity contribution is 5.87. The molecule has 5 aliphatic rings. The Morgan fingerprint density at radius 3 is 2.83 bits per heavy atom. The first-order valence-electron chi connectivity index (χ1n) is 13.5. The number of piperidine rings is 1. The first-order valence-corrected chi connectivity index (χ1v) is 13.5. The van der Waals surface area contributed by atoms with Crippen LogP contribution in [0.2, 0.25) is 0 Å². The molecule has 8 rings (SSSR count). The van der Waals surface area contributed by atoms with E-state index in [1.54, 1.807) is 0 Å².